The van der Waals surface area contributed by atoms with Gasteiger partial charge >= 0.3 is 0 Å². The van der Waals surface area contributed by atoms with Gasteiger partial charge in [0.25, 0.3) is 0 Å². The van der Waals surface area contributed by atoms with E-state index in [9.17, 15) is 0 Å². The second kappa shape index (κ2) is 10.4. The molecule has 1 aromatic carbocycles. The first-order valence-corrected chi connectivity index (χ1v) is 9.47. The Kier molecular flexibility index (Phi) is 7.64. The highest BCUT2D eigenvalue weighted by Crippen LogP contribution is 2.14. The van der Waals surface area contributed by atoms with Crippen molar-refractivity contribution < 1.29 is 4.52 Å². The third kappa shape index (κ3) is 5.36. The summed E-state index contributed by atoms with van der Waals surface area (Å²) in [7, 11) is 1.84. The molecule has 2 aromatic heterocycles. The topological polar surface area (TPSA) is 74.7 Å². The van der Waals surface area contributed by atoms with E-state index in [4.69, 9.17) is 4.52 Å². The number of nitrogens with one attached hydrogen (secondary N) is 1. The van der Waals surface area contributed by atoms with E-state index in [1.54, 1.807) is 12.5 Å². The number of hydrogen-bond donors (Lipinski definition) is 1. The van der Waals surface area contributed by atoms with E-state index >= 15 is 0 Å². The fourth-order valence-electron chi connectivity index (χ4n) is 3.49. The van der Waals surface area contributed by atoms with Gasteiger partial charge in [0.1, 0.15) is 6.26 Å². The summed E-state index contributed by atoms with van der Waals surface area (Å²) in [4.78, 5) is 13.3. The van der Waals surface area contributed by atoms with Gasteiger partial charge in [0.15, 0.2) is 5.96 Å². The summed E-state index contributed by atoms with van der Waals surface area (Å²) < 4.78 is 6.95. The van der Waals surface area contributed by atoms with Crippen LogP contribution >= 0.6 is 24.0 Å². The summed E-state index contributed by atoms with van der Waals surface area (Å²) >= 11 is 0. The Morgan fingerprint density at radius 2 is 2.00 bits per heavy atom. The number of para-hydroxylation sites is 1. The molecule has 0 radical (unpaired) electrons. The number of halogens is 1. The molecule has 0 unspecified atom stereocenters. The molecule has 8 nitrogen and oxygen atoms in total. The molecular formula is C20H26IN7O. The lowest BCUT2D eigenvalue weighted by atomic mass is 10.1. The molecule has 3 heterocycles. The van der Waals surface area contributed by atoms with Gasteiger partial charge < -0.3 is 19.3 Å². The molecule has 0 atom stereocenters. The standard InChI is InChI=1S/C20H25N7O.HI/c1-21-20(26-11-9-25(10-12-26)15-18-6-13-28-24-18)23-14-17-4-2-3-5-19(17)27-8-7-22-16-27;/h2-8,13,16H,9-12,14-15H2,1H3,(H,21,23);1H. The Morgan fingerprint density at radius 1 is 1.17 bits per heavy atom. The van der Waals surface area contributed by atoms with E-state index in [0.29, 0.717) is 6.54 Å². The highest BCUT2D eigenvalue weighted by Gasteiger charge is 2.20. The Labute approximate surface area is 187 Å². The molecule has 0 amide bonds. The van der Waals surface area contributed by atoms with Crippen LogP contribution in [0.15, 0.2) is 64.8 Å². The summed E-state index contributed by atoms with van der Waals surface area (Å²) in [5.74, 6) is 0.932. The van der Waals surface area contributed by atoms with Crippen LogP contribution in [0.4, 0.5) is 0 Å². The number of aliphatic imine (C=N–C) groups is 1. The van der Waals surface area contributed by atoms with Gasteiger partial charge in [-0.1, -0.05) is 23.4 Å². The van der Waals surface area contributed by atoms with Gasteiger partial charge in [-0.15, -0.1) is 24.0 Å². The lowest BCUT2D eigenvalue weighted by Crippen LogP contribution is -2.52. The number of aromatic nitrogens is 3. The van der Waals surface area contributed by atoms with Gasteiger partial charge in [-0.2, -0.15) is 0 Å². The Hall–Kier alpha value is -2.40. The zero-order valence-electron chi connectivity index (χ0n) is 16.4. The quantitative estimate of drug-likeness (QED) is 0.325. The van der Waals surface area contributed by atoms with Crippen LogP contribution in [0.5, 0.6) is 0 Å². The molecule has 0 spiro atoms. The van der Waals surface area contributed by atoms with Crippen molar-refractivity contribution in [3.05, 3.63) is 66.6 Å². The molecule has 1 aliphatic heterocycles. The lowest BCUT2D eigenvalue weighted by molar-refractivity contribution is 0.169. The molecule has 0 saturated carbocycles. The summed E-state index contributed by atoms with van der Waals surface area (Å²) in [5, 5.41) is 7.51. The Morgan fingerprint density at radius 3 is 2.69 bits per heavy atom. The lowest BCUT2D eigenvalue weighted by Gasteiger charge is -2.36. The van der Waals surface area contributed by atoms with E-state index in [-0.39, 0.29) is 24.0 Å². The van der Waals surface area contributed by atoms with Crippen molar-refractivity contribution >= 4 is 29.9 Å². The molecule has 0 aliphatic carbocycles. The van der Waals surface area contributed by atoms with E-state index in [2.05, 4.69) is 48.4 Å². The average Bonchev–Trinajstić information content (AvgIpc) is 3.44. The number of piperazine rings is 1. The first-order valence-electron chi connectivity index (χ1n) is 9.47. The van der Waals surface area contributed by atoms with Crippen LogP contribution in [0.3, 0.4) is 0 Å². The van der Waals surface area contributed by atoms with Crippen LogP contribution in [-0.4, -0.2) is 63.7 Å². The normalized spacial score (nSPS) is 15.2. The highest BCUT2D eigenvalue weighted by atomic mass is 127. The first kappa shape index (κ1) is 21.3. The van der Waals surface area contributed by atoms with Gasteiger partial charge in [-0.05, 0) is 11.6 Å². The van der Waals surface area contributed by atoms with Crippen LogP contribution < -0.4 is 5.32 Å². The van der Waals surface area contributed by atoms with Crippen molar-refractivity contribution in [1.82, 2.24) is 29.8 Å². The van der Waals surface area contributed by atoms with E-state index < -0.39 is 0 Å². The maximum Gasteiger partial charge on any atom is 0.194 e. The van der Waals surface area contributed by atoms with E-state index in [0.717, 1.165) is 50.1 Å². The van der Waals surface area contributed by atoms with E-state index in [1.165, 1.54) is 5.56 Å². The summed E-state index contributed by atoms with van der Waals surface area (Å²) in [6.07, 6.45) is 7.20. The monoisotopic (exact) mass is 507 g/mol. The summed E-state index contributed by atoms with van der Waals surface area (Å²) in [5.41, 5.74) is 3.30. The third-order valence-electron chi connectivity index (χ3n) is 4.97. The van der Waals surface area contributed by atoms with Crippen molar-refractivity contribution in [2.24, 2.45) is 4.99 Å². The minimum Gasteiger partial charge on any atom is -0.364 e. The molecule has 154 valence electrons. The minimum atomic E-state index is 0. The summed E-state index contributed by atoms with van der Waals surface area (Å²) in [6.45, 7) is 5.34. The van der Waals surface area contributed by atoms with Crippen molar-refractivity contribution in [2.45, 2.75) is 13.1 Å². The Balaban J connectivity index is 0.00000240. The van der Waals surface area contributed by atoms with Gasteiger partial charge in [0.05, 0.1) is 17.7 Å². The Bertz CT molecular complexity index is 887. The summed E-state index contributed by atoms with van der Waals surface area (Å²) in [6, 6.07) is 10.3. The van der Waals surface area contributed by atoms with Gasteiger partial charge in [-0.3, -0.25) is 9.89 Å². The second-order valence-corrected chi connectivity index (χ2v) is 6.75. The average molecular weight is 507 g/mol. The zero-order valence-corrected chi connectivity index (χ0v) is 18.8. The number of imidazole rings is 1. The van der Waals surface area contributed by atoms with Crippen LogP contribution in [0.2, 0.25) is 0 Å². The third-order valence-corrected chi connectivity index (χ3v) is 4.97. The molecule has 0 bridgehead atoms. The number of hydrogen-bond acceptors (Lipinski definition) is 5. The molecule has 1 fully saturated rings. The van der Waals surface area contributed by atoms with Crippen molar-refractivity contribution in [3.8, 4) is 5.69 Å². The number of rotatable bonds is 5. The van der Waals surface area contributed by atoms with Crippen LogP contribution in [0.1, 0.15) is 11.3 Å². The molecule has 1 aliphatic rings. The van der Waals surface area contributed by atoms with Crippen molar-refractivity contribution in [3.63, 3.8) is 0 Å². The molecule has 29 heavy (non-hydrogen) atoms. The largest absolute Gasteiger partial charge is 0.364 e. The van der Waals surface area contributed by atoms with E-state index in [1.807, 2.05) is 36.3 Å². The minimum absolute atomic E-state index is 0. The second-order valence-electron chi connectivity index (χ2n) is 6.75. The predicted octanol–water partition coefficient (Wildman–Crippen LogP) is 2.37. The van der Waals surface area contributed by atoms with Crippen molar-refractivity contribution in [2.75, 3.05) is 33.2 Å². The fourth-order valence-corrected chi connectivity index (χ4v) is 3.49. The molecule has 9 heteroatoms. The molecule has 3 aromatic rings. The maximum absolute atomic E-state index is 4.92. The molecule has 1 N–H and O–H groups in total. The fraction of sp³-hybridized carbons (Fsp3) is 0.350. The highest BCUT2D eigenvalue weighted by molar-refractivity contribution is 14.0. The first-order chi connectivity index (χ1) is 13.8. The smallest absolute Gasteiger partial charge is 0.194 e. The number of benzene rings is 1. The molecule has 1 saturated heterocycles. The van der Waals surface area contributed by atoms with Crippen LogP contribution in [-0.2, 0) is 13.1 Å². The number of nitrogens with zero attached hydrogens (tertiary/aromatic N) is 6. The molecular weight excluding hydrogens is 481 g/mol. The van der Waals surface area contributed by atoms with Crippen molar-refractivity contribution in [1.29, 1.82) is 0 Å². The van der Waals surface area contributed by atoms with Gasteiger partial charge in [0, 0.05) is 64.8 Å². The SMILES string of the molecule is CN=C(NCc1ccccc1-n1ccnc1)N1CCN(Cc2ccon2)CC1.I. The van der Waals surface area contributed by atoms with Gasteiger partial charge in [-0.25, -0.2) is 4.98 Å². The number of guanidine groups is 1. The van der Waals surface area contributed by atoms with Gasteiger partial charge in [0.2, 0.25) is 0 Å². The van der Waals surface area contributed by atoms with Crippen LogP contribution in [0.25, 0.3) is 5.69 Å². The zero-order chi connectivity index (χ0) is 19.2. The maximum atomic E-state index is 4.92. The predicted molar refractivity (Wildman–Crippen MR) is 123 cm³/mol. The van der Waals surface area contributed by atoms with Crippen LogP contribution in [0, 0.1) is 0 Å². The molecule has 4 rings (SSSR count).